The van der Waals surface area contributed by atoms with Crippen LogP contribution in [-0.4, -0.2) is 46.9 Å². The number of halogens is 2. The van der Waals surface area contributed by atoms with Gasteiger partial charge in [0.2, 0.25) is 0 Å². The monoisotopic (exact) mass is 374 g/mol. The summed E-state index contributed by atoms with van der Waals surface area (Å²) in [6, 6.07) is 1.41. The summed E-state index contributed by atoms with van der Waals surface area (Å²) in [5.74, 6) is 0.564. The SMILES string of the molecule is CC(C)(C)OC(=O)N1C[C@@H](F)C[C@H]1COc1cnccc1Br. The Bertz CT molecular complexity index is 536. The molecule has 2 atom stereocenters. The lowest BCUT2D eigenvalue weighted by Gasteiger charge is -2.28. The number of pyridine rings is 1. The fraction of sp³-hybridized carbons (Fsp3) is 0.600. The highest BCUT2D eigenvalue weighted by atomic mass is 79.9. The molecule has 1 amide bonds. The summed E-state index contributed by atoms with van der Waals surface area (Å²) < 4.78 is 25.4. The third-order valence-electron chi connectivity index (χ3n) is 3.16. The van der Waals surface area contributed by atoms with E-state index in [-0.39, 0.29) is 25.6 Å². The number of alkyl halides is 1. The van der Waals surface area contributed by atoms with Crippen molar-refractivity contribution < 1.29 is 18.7 Å². The minimum Gasteiger partial charge on any atom is -0.489 e. The lowest BCUT2D eigenvalue weighted by Crippen LogP contribution is -2.42. The Morgan fingerprint density at radius 1 is 1.55 bits per heavy atom. The van der Waals surface area contributed by atoms with Crippen LogP contribution in [0.4, 0.5) is 9.18 Å². The average molecular weight is 375 g/mol. The third kappa shape index (κ3) is 4.56. The molecule has 0 saturated carbocycles. The van der Waals surface area contributed by atoms with Crippen molar-refractivity contribution in [1.82, 2.24) is 9.88 Å². The largest absolute Gasteiger partial charge is 0.489 e. The molecular formula is C15H20BrFN2O3. The molecule has 0 N–H and O–H groups in total. The molecule has 1 aromatic heterocycles. The zero-order chi connectivity index (χ0) is 16.3. The molecule has 1 aliphatic heterocycles. The zero-order valence-electron chi connectivity index (χ0n) is 12.9. The maximum atomic E-state index is 13.7. The maximum Gasteiger partial charge on any atom is 0.410 e. The predicted molar refractivity (Wildman–Crippen MR) is 83.7 cm³/mol. The summed E-state index contributed by atoms with van der Waals surface area (Å²) >= 11 is 3.36. The van der Waals surface area contributed by atoms with Crippen LogP contribution in [0.1, 0.15) is 27.2 Å². The second-order valence-corrected chi connectivity index (χ2v) is 7.09. The smallest absolute Gasteiger partial charge is 0.410 e. The van der Waals surface area contributed by atoms with Gasteiger partial charge in [-0.3, -0.25) is 9.88 Å². The fourth-order valence-electron chi connectivity index (χ4n) is 2.22. The molecule has 0 unspecified atom stereocenters. The molecule has 1 saturated heterocycles. The van der Waals surface area contributed by atoms with Crippen molar-refractivity contribution in [1.29, 1.82) is 0 Å². The molecule has 0 bridgehead atoms. The first-order chi connectivity index (χ1) is 10.3. The van der Waals surface area contributed by atoms with Crippen molar-refractivity contribution in [3.63, 3.8) is 0 Å². The molecule has 0 aromatic carbocycles. The minimum atomic E-state index is -1.06. The van der Waals surface area contributed by atoms with Crippen molar-refractivity contribution in [3.05, 3.63) is 22.9 Å². The van der Waals surface area contributed by atoms with Gasteiger partial charge < -0.3 is 9.47 Å². The van der Waals surface area contributed by atoms with Crippen molar-refractivity contribution >= 4 is 22.0 Å². The van der Waals surface area contributed by atoms with Gasteiger partial charge in [-0.1, -0.05) is 0 Å². The van der Waals surface area contributed by atoms with Gasteiger partial charge in [0.05, 0.1) is 23.3 Å². The van der Waals surface area contributed by atoms with E-state index in [1.807, 2.05) is 0 Å². The average Bonchev–Trinajstić information content (AvgIpc) is 2.77. The van der Waals surface area contributed by atoms with Gasteiger partial charge >= 0.3 is 6.09 Å². The molecule has 5 nitrogen and oxygen atoms in total. The number of ether oxygens (including phenoxy) is 2. The Balaban J connectivity index is 1.99. The van der Waals surface area contributed by atoms with Crippen LogP contribution >= 0.6 is 15.9 Å². The Kier molecular flexibility index (Phi) is 5.26. The lowest BCUT2D eigenvalue weighted by atomic mass is 10.2. The van der Waals surface area contributed by atoms with Crippen LogP contribution in [-0.2, 0) is 4.74 Å². The van der Waals surface area contributed by atoms with E-state index in [1.54, 1.807) is 39.2 Å². The van der Waals surface area contributed by atoms with Crippen LogP contribution in [0, 0.1) is 0 Å². The Labute approximate surface area is 137 Å². The second kappa shape index (κ2) is 6.81. The Morgan fingerprint density at radius 3 is 2.91 bits per heavy atom. The van der Waals surface area contributed by atoms with E-state index in [0.29, 0.717) is 5.75 Å². The number of amides is 1. The molecule has 1 fully saturated rings. The molecule has 0 radical (unpaired) electrons. The molecule has 7 heteroatoms. The number of hydrogen-bond acceptors (Lipinski definition) is 4. The predicted octanol–water partition coefficient (Wildman–Crippen LogP) is 3.57. The van der Waals surface area contributed by atoms with Gasteiger partial charge in [-0.25, -0.2) is 9.18 Å². The summed E-state index contributed by atoms with van der Waals surface area (Å²) in [4.78, 5) is 17.5. The van der Waals surface area contributed by atoms with Crippen LogP contribution in [0.3, 0.4) is 0 Å². The Morgan fingerprint density at radius 2 is 2.27 bits per heavy atom. The van der Waals surface area contributed by atoms with E-state index in [0.717, 1.165) is 4.47 Å². The highest BCUT2D eigenvalue weighted by molar-refractivity contribution is 9.10. The standard InChI is InChI=1S/C15H20BrFN2O3/c1-15(2,3)22-14(20)19-8-10(17)6-11(19)9-21-13-7-18-5-4-12(13)16/h4-5,7,10-11H,6,8-9H2,1-3H3/t10-,11-/m0/s1. The van der Waals surface area contributed by atoms with Crippen molar-refractivity contribution in [2.75, 3.05) is 13.2 Å². The number of hydrogen-bond donors (Lipinski definition) is 0. The molecule has 2 rings (SSSR count). The summed E-state index contributed by atoms with van der Waals surface area (Å²) in [6.45, 7) is 5.59. The van der Waals surface area contributed by atoms with Crippen LogP contribution < -0.4 is 4.74 Å². The molecule has 1 aliphatic rings. The van der Waals surface area contributed by atoms with Gasteiger partial charge in [-0.05, 0) is 42.8 Å². The maximum absolute atomic E-state index is 13.7. The van der Waals surface area contributed by atoms with E-state index in [1.165, 1.54) is 4.90 Å². The summed E-state index contributed by atoms with van der Waals surface area (Å²) in [7, 11) is 0. The topological polar surface area (TPSA) is 51.7 Å². The van der Waals surface area contributed by atoms with E-state index in [2.05, 4.69) is 20.9 Å². The number of aromatic nitrogens is 1. The summed E-state index contributed by atoms with van der Waals surface area (Å²) in [5.41, 5.74) is -0.608. The van der Waals surface area contributed by atoms with Crippen LogP contribution in [0.25, 0.3) is 0 Å². The molecule has 2 heterocycles. The van der Waals surface area contributed by atoms with Crippen molar-refractivity contribution in [3.8, 4) is 5.75 Å². The van der Waals surface area contributed by atoms with Crippen molar-refractivity contribution in [2.45, 2.75) is 45.0 Å². The van der Waals surface area contributed by atoms with E-state index in [4.69, 9.17) is 9.47 Å². The van der Waals surface area contributed by atoms with E-state index < -0.39 is 17.9 Å². The second-order valence-electron chi connectivity index (χ2n) is 6.24. The first-order valence-corrected chi connectivity index (χ1v) is 7.91. The van der Waals surface area contributed by atoms with E-state index >= 15 is 0 Å². The Hall–Kier alpha value is -1.37. The van der Waals surface area contributed by atoms with Crippen LogP contribution in [0.15, 0.2) is 22.9 Å². The first kappa shape index (κ1) is 17.0. The number of rotatable bonds is 3. The highest BCUT2D eigenvalue weighted by Crippen LogP contribution is 2.26. The van der Waals surface area contributed by atoms with Crippen LogP contribution in [0.2, 0.25) is 0 Å². The summed E-state index contributed by atoms with van der Waals surface area (Å²) in [5, 5.41) is 0. The molecule has 22 heavy (non-hydrogen) atoms. The summed E-state index contributed by atoms with van der Waals surface area (Å²) in [6.07, 6.45) is 1.89. The van der Waals surface area contributed by atoms with Gasteiger partial charge in [0.25, 0.3) is 0 Å². The molecular weight excluding hydrogens is 355 g/mol. The zero-order valence-corrected chi connectivity index (χ0v) is 14.5. The number of carbonyl (C=O) groups excluding carboxylic acids is 1. The molecule has 1 aromatic rings. The number of likely N-dealkylation sites (tertiary alicyclic amines) is 1. The fourth-order valence-corrected chi connectivity index (χ4v) is 2.55. The van der Waals surface area contributed by atoms with Gasteiger partial charge in [0, 0.05) is 12.6 Å². The normalized spacial score (nSPS) is 21.8. The molecule has 0 spiro atoms. The lowest BCUT2D eigenvalue weighted by molar-refractivity contribution is 0.0180. The first-order valence-electron chi connectivity index (χ1n) is 7.12. The van der Waals surface area contributed by atoms with Crippen LogP contribution in [0.5, 0.6) is 5.75 Å². The van der Waals surface area contributed by atoms with Crippen molar-refractivity contribution in [2.24, 2.45) is 0 Å². The van der Waals surface area contributed by atoms with Gasteiger partial charge in [-0.15, -0.1) is 0 Å². The van der Waals surface area contributed by atoms with Gasteiger partial charge in [0.1, 0.15) is 18.4 Å². The molecule has 122 valence electrons. The van der Waals surface area contributed by atoms with E-state index in [9.17, 15) is 9.18 Å². The van der Waals surface area contributed by atoms with Gasteiger partial charge in [-0.2, -0.15) is 0 Å². The number of nitrogens with zero attached hydrogens (tertiary/aromatic N) is 2. The minimum absolute atomic E-state index is 0.0388. The van der Waals surface area contributed by atoms with Gasteiger partial charge in [0.15, 0.2) is 5.75 Å². The third-order valence-corrected chi connectivity index (χ3v) is 3.81. The highest BCUT2D eigenvalue weighted by Gasteiger charge is 2.38. The quantitative estimate of drug-likeness (QED) is 0.811. The number of carbonyl (C=O) groups is 1. The molecule has 0 aliphatic carbocycles.